The van der Waals surface area contributed by atoms with E-state index < -0.39 is 16.1 Å². The number of benzene rings is 2. The van der Waals surface area contributed by atoms with Crippen LogP contribution in [0.15, 0.2) is 53.4 Å². The number of likely N-dealkylation sites (N-methyl/N-ethyl adjacent to an activating group) is 1. The first-order valence-corrected chi connectivity index (χ1v) is 9.92. The summed E-state index contributed by atoms with van der Waals surface area (Å²) in [6.07, 6.45) is -0.584. The van der Waals surface area contributed by atoms with Gasteiger partial charge in [-0.15, -0.1) is 0 Å². The lowest BCUT2D eigenvalue weighted by Gasteiger charge is -2.31. The van der Waals surface area contributed by atoms with Gasteiger partial charge in [0.25, 0.3) is 5.91 Å². The molecule has 1 atom stereocenters. The lowest BCUT2D eigenvalue weighted by Crippen LogP contribution is -2.45. The highest BCUT2D eigenvalue weighted by atomic mass is 32.2. The van der Waals surface area contributed by atoms with Crippen LogP contribution in [0.3, 0.4) is 0 Å². The van der Waals surface area contributed by atoms with Gasteiger partial charge in [-0.25, -0.2) is 13.1 Å². The number of ether oxygens (including phenoxy) is 1. The molecule has 1 heterocycles. The number of rotatable bonds is 6. The van der Waals surface area contributed by atoms with Crippen LogP contribution in [0.2, 0.25) is 0 Å². The number of Topliss-reactive ketones (excluding diaryl/α,β-unsaturated/α-hetero) is 1. The number of ketones is 1. The number of hydrogen-bond donors (Lipinski definition) is 1. The van der Waals surface area contributed by atoms with E-state index in [1.165, 1.54) is 30.0 Å². The maximum absolute atomic E-state index is 12.4. The average Bonchev–Trinajstić information content (AvgIpc) is 2.65. The normalized spacial score (nSPS) is 16.6. The number of hydrogen-bond acceptors (Lipinski definition) is 5. The second kappa shape index (κ2) is 7.50. The van der Waals surface area contributed by atoms with E-state index in [4.69, 9.17) is 4.74 Å². The molecule has 0 fully saturated rings. The maximum Gasteiger partial charge on any atom is 0.267 e. The van der Waals surface area contributed by atoms with Gasteiger partial charge < -0.3 is 9.64 Å². The minimum Gasteiger partial charge on any atom is -0.478 e. The van der Waals surface area contributed by atoms with Gasteiger partial charge in [0.2, 0.25) is 10.0 Å². The topological polar surface area (TPSA) is 92.8 Å². The molecule has 142 valence electrons. The predicted octanol–water partition coefficient (Wildman–Crippen LogP) is 1.98. The molecule has 0 aliphatic carbocycles. The number of nitrogens with zero attached hydrogens (tertiary/aromatic N) is 1. The van der Waals surface area contributed by atoms with Crippen molar-refractivity contribution in [3.63, 3.8) is 0 Å². The number of anilines is 1. The smallest absolute Gasteiger partial charge is 0.267 e. The van der Waals surface area contributed by atoms with Crippen molar-refractivity contribution >= 4 is 27.4 Å². The van der Waals surface area contributed by atoms with Crippen LogP contribution in [0.5, 0.6) is 5.75 Å². The first-order valence-electron chi connectivity index (χ1n) is 8.43. The zero-order valence-corrected chi connectivity index (χ0v) is 15.8. The van der Waals surface area contributed by atoms with Crippen LogP contribution >= 0.6 is 0 Å². The summed E-state index contributed by atoms with van der Waals surface area (Å²) >= 11 is 0. The molecule has 3 rings (SSSR count). The quantitative estimate of drug-likeness (QED) is 0.764. The molecule has 1 aliphatic heterocycles. The molecular formula is C19H20N2O5S. The Hall–Kier alpha value is -2.71. The van der Waals surface area contributed by atoms with Crippen LogP contribution in [0.4, 0.5) is 5.69 Å². The number of sulfonamides is 1. The van der Waals surface area contributed by atoms with Crippen molar-refractivity contribution in [2.45, 2.75) is 24.3 Å². The highest BCUT2D eigenvalue weighted by Gasteiger charge is 2.32. The third kappa shape index (κ3) is 4.01. The molecule has 2 aromatic carbocycles. The van der Waals surface area contributed by atoms with E-state index in [1.807, 2.05) is 12.1 Å². The van der Waals surface area contributed by atoms with E-state index in [9.17, 15) is 18.0 Å². The number of carbonyl (C=O) groups excluding carboxylic acids is 2. The number of amides is 1. The minimum atomic E-state index is -3.79. The molecule has 0 spiro atoms. The monoisotopic (exact) mass is 388 g/mol. The Bertz CT molecular complexity index is 987. The fourth-order valence-corrected chi connectivity index (χ4v) is 3.94. The molecule has 0 radical (unpaired) electrons. The Morgan fingerprint density at radius 2 is 1.93 bits per heavy atom. The predicted molar refractivity (Wildman–Crippen MR) is 101 cm³/mol. The summed E-state index contributed by atoms with van der Waals surface area (Å²) in [5.41, 5.74) is 1.00. The SMILES string of the molecule is CC(=O)c1cccc(S(=O)(=O)NCCC2Oc3ccccc3N(C)C2=O)c1. The molecule has 0 saturated heterocycles. The van der Waals surface area contributed by atoms with Crippen molar-refractivity contribution in [1.82, 2.24) is 4.72 Å². The summed E-state index contributed by atoms with van der Waals surface area (Å²) < 4.78 is 33.0. The first kappa shape index (κ1) is 19.1. The second-order valence-corrected chi connectivity index (χ2v) is 8.01. The maximum atomic E-state index is 12.4. The van der Waals surface area contributed by atoms with Gasteiger partial charge >= 0.3 is 0 Å². The van der Waals surface area contributed by atoms with Crippen molar-refractivity contribution in [3.05, 3.63) is 54.1 Å². The van der Waals surface area contributed by atoms with Crippen LogP contribution in [0, 0.1) is 0 Å². The fourth-order valence-electron chi connectivity index (χ4n) is 2.84. The molecule has 1 N–H and O–H groups in total. The van der Waals surface area contributed by atoms with E-state index in [2.05, 4.69) is 4.72 Å². The lowest BCUT2D eigenvalue weighted by atomic mass is 10.1. The van der Waals surface area contributed by atoms with Gasteiger partial charge in [-0.2, -0.15) is 0 Å². The highest BCUT2D eigenvalue weighted by Crippen LogP contribution is 2.33. The minimum absolute atomic E-state index is 0.00792. The van der Waals surface area contributed by atoms with Crippen molar-refractivity contribution in [2.75, 3.05) is 18.5 Å². The molecule has 1 aliphatic rings. The van der Waals surface area contributed by atoms with Crippen LogP contribution in [0.1, 0.15) is 23.7 Å². The number of para-hydroxylation sites is 2. The summed E-state index contributed by atoms with van der Waals surface area (Å²) in [7, 11) is -2.13. The molecule has 1 amide bonds. The first-order chi connectivity index (χ1) is 12.8. The van der Waals surface area contributed by atoms with E-state index in [0.29, 0.717) is 17.0 Å². The molecule has 27 heavy (non-hydrogen) atoms. The van der Waals surface area contributed by atoms with Gasteiger partial charge in [-0.3, -0.25) is 9.59 Å². The van der Waals surface area contributed by atoms with Gasteiger partial charge in [-0.05, 0) is 31.2 Å². The van der Waals surface area contributed by atoms with Gasteiger partial charge in [0.1, 0.15) is 5.75 Å². The lowest BCUT2D eigenvalue weighted by molar-refractivity contribution is -0.126. The van der Waals surface area contributed by atoms with Crippen molar-refractivity contribution in [1.29, 1.82) is 0 Å². The van der Waals surface area contributed by atoms with Gasteiger partial charge in [0.15, 0.2) is 11.9 Å². The molecule has 0 saturated carbocycles. The molecule has 8 heteroatoms. The summed E-state index contributed by atoms with van der Waals surface area (Å²) in [5, 5.41) is 0. The van der Waals surface area contributed by atoms with Crippen molar-refractivity contribution in [3.8, 4) is 5.75 Å². The molecule has 2 aromatic rings. The Morgan fingerprint density at radius 1 is 1.19 bits per heavy atom. The molecule has 0 bridgehead atoms. The molecule has 7 nitrogen and oxygen atoms in total. The average molecular weight is 388 g/mol. The molecular weight excluding hydrogens is 368 g/mol. The van der Waals surface area contributed by atoms with Gasteiger partial charge in [-0.1, -0.05) is 24.3 Å². The number of fused-ring (bicyclic) bond motifs is 1. The third-order valence-corrected chi connectivity index (χ3v) is 5.81. The summed E-state index contributed by atoms with van der Waals surface area (Å²) in [6.45, 7) is 1.40. The zero-order chi connectivity index (χ0) is 19.6. The van der Waals surface area contributed by atoms with Gasteiger partial charge in [0.05, 0.1) is 10.6 Å². The Labute approximate surface area is 158 Å². The summed E-state index contributed by atoms with van der Waals surface area (Å²) in [5.74, 6) is 0.142. The standard InChI is InChI=1S/C19H20N2O5S/c1-13(22)14-6-5-7-15(12-14)27(24,25)20-11-10-18-19(23)21(2)16-8-3-4-9-17(16)26-18/h3-9,12,18,20H,10-11H2,1-2H3. The van der Waals surface area contributed by atoms with Gasteiger partial charge in [0, 0.05) is 25.6 Å². The number of carbonyl (C=O) groups is 2. The highest BCUT2D eigenvalue weighted by molar-refractivity contribution is 7.89. The fraction of sp³-hybridized carbons (Fsp3) is 0.263. The van der Waals surface area contributed by atoms with Crippen LogP contribution < -0.4 is 14.4 Å². The van der Waals surface area contributed by atoms with E-state index >= 15 is 0 Å². The van der Waals surface area contributed by atoms with E-state index in [1.54, 1.807) is 25.2 Å². The van der Waals surface area contributed by atoms with Crippen molar-refractivity contribution < 1.29 is 22.7 Å². The van der Waals surface area contributed by atoms with Crippen LogP contribution in [-0.2, 0) is 14.8 Å². The van der Waals surface area contributed by atoms with Crippen LogP contribution in [0.25, 0.3) is 0 Å². The Kier molecular flexibility index (Phi) is 5.29. The number of nitrogens with one attached hydrogen (secondary N) is 1. The Morgan fingerprint density at radius 3 is 2.67 bits per heavy atom. The summed E-state index contributed by atoms with van der Waals surface area (Å²) in [4.78, 5) is 25.4. The molecule has 0 aromatic heterocycles. The summed E-state index contributed by atoms with van der Waals surface area (Å²) in [6, 6.07) is 13.0. The third-order valence-electron chi connectivity index (χ3n) is 4.35. The zero-order valence-electron chi connectivity index (χ0n) is 15.0. The van der Waals surface area contributed by atoms with E-state index in [-0.39, 0.29) is 29.6 Å². The van der Waals surface area contributed by atoms with Crippen molar-refractivity contribution in [2.24, 2.45) is 0 Å². The largest absolute Gasteiger partial charge is 0.478 e. The second-order valence-electron chi connectivity index (χ2n) is 6.24. The molecule has 1 unspecified atom stereocenters. The van der Waals surface area contributed by atoms with Crippen LogP contribution in [-0.4, -0.2) is 39.8 Å². The Balaban J connectivity index is 1.67. The van der Waals surface area contributed by atoms with E-state index in [0.717, 1.165) is 0 Å².